The van der Waals surface area contributed by atoms with Crippen molar-refractivity contribution >= 4 is 22.5 Å². The number of ether oxygens (including phenoxy) is 1. The Labute approximate surface area is 164 Å². The van der Waals surface area contributed by atoms with Gasteiger partial charge in [0.1, 0.15) is 17.1 Å². The van der Waals surface area contributed by atoms with Gasteiger partial charge in [0.15, 0.2) is 5.78 Å². The molecule has 4 rings (SSSR count). The Bertz CT molecular complexity index is 903. The number of hydrogen-bond acceptors (Lipinski definition) is 7. The summed E-state index contributed by atoms with van der Waals surface area (Å²) in [5.74, 6) is 1.01. The first-order valence-corrected chi connectivity index (χ1v) is 9.88. The number of nitrogens with one attached hydrogen (secondary N) is 1. The molecule has 0 amide bonds. The smallest absolute Gasteiger partial charge is 0.152 e. The fourth-order valence-electron chi connectivity index (χ4n) is 4.41. The Kier molecular flexibility index (Phi) is 5.51. The molecule has 1 N–H and O–H groups in total. The Morgan fingerprint density at radius 2 is 2.14 bits per heavy atom. The highest BCUT2D eigenvalue weighted by molar-refractivity contribution is 5.92. The number of fused-ring (bicyclic) bond motifs is 1. The zero-order valence-electron chi connectivity index (χ0n) is 16.1. The van der Waals surface area contributed by atoms with Crippen LogP contribution in [0.5, 0.6) is 0 Å². The summed E-state index contributed by atoms with van der Waals surface area (Å²) in [6.07, 6.45) is 4.88. The number of rotatable bonds is 4. The van der Waals surface area contributed by atoms with Crippen LogP contribution in [-0.2, 0) is 9.53 Å². The van der Waals surface area contributed by atoms with E-state index in [0.717, 1.165) is 37.3 Å². The molecule has 0 spiro atoms. The van der Waals surface area contributed by atoms with Crippen molar-refractivity contribution in [1.82, 2.24) is 15.3 Å². The molecule has 1 aromatic heterocycles. The molecule has 0 aliphatic carbocycles. The summed E-state index contributed by atoms with van der Waals surface area (Å²) < 4.78 is 5.44. The normalized spacial score (nSPS) is 25.4. The minimum atomic E-state index is -0.180. The average molecular weight is 379 g/mol. The predicted molar refractivity (Wildman–Crippen MR) is 106 cm³/mol. The van der Waals surface area contributed by atoms with Gasteiger partial charge in [-0.25, -0.2) is 0 Å². The van der Waals surface area contributed by atoms with Crippen LogP contribution in [-0.4, -0.2) is 54.6 Å². The average Bonchev–Trinajstić information content (AvgIpc) is 2.73. The first kappa shape index (κ1) is 18.8. The summed E-state index contributed by atoms with van der Waals surface area (Å²) in [6.45, 7) is 5.82. The number of nitrogens with zero attached hydrogens (tertiary/aromatic N) is 4. The number of carbonyl (C=O) groups is 1. The van der Waals surface area contributed by atoms with Crippen LogP contribution >= 0.6 is 0 Å². The lowest BCUT2D eigenvalue weighted by atomic mass is 9.85. The van der Waals surface area contributed by atoms with E-state index in [1.54, 1.807) is 12.4 Å². The van der Waals surface area contributed by atoms with Crippen molar-refractivity contribution in [1.29, 1.82) is 5.26 Å². The molecule has 0 bridgehead atoms. The number of aromatic nitrogens is 2. The quantitative estimate of drug-likeness (QED) is 0.868. The molecule has 0 unspecified atom stereocenters. The number of morpholine rings is 1. The highest BCUT2D eigenvalue weighted by Gasteiger charge is 2.30. The van der Waals surface area contributed by atoms with Gasteiger partial charge in [-0.3, -0.25) is 14.8 Å². The van der Waals surface area contributed by atoms with Crippen LogP contribution in [0.25, 0.3) is 11.0 Å². The molecule has 2 aliphatic rings. The van der Waals surface area contributed by atoms with E-state index < -0.39 is 0 Å². The summed E-state index contributed by atoms with van der Waals surface area (Å²) in [7, 11) is 0. The number of ketones is 1. The Morgan fingerprint density at radius 3 is 2.89 bits per heavy atom. The molecular formula is C21H25N5O2. The van der Waals surface area contributed by atoms with Crippen LogP contribution in [0.1, 0.15) is 25.3 Å². The van der Waals surface area contributed by atoms with E-state index in [4.69, 9.17) is 4.74 Å². The van der Waals surface area contributed by atoms with Gasteiger partial charge >= 0.3 is 0 Å². The monoisotopic (exact) mass is 379 g/mol. The van der Waals surface area contributed by atoms with Crippen LogP contribution in [0, 0.1) is 23.2 Å². The first-order chi connectivity index (χ1) is 13.7. The Morgan fingerprint density at radius 1 is 1.32 bits per heavy atom. The van der Waals surface area contributed by atoms with E-state index in [9.17, 15) is 10.1 Å². The number of Topliss-reactive ketones (excluding diaryl/α,β-unsaturated/α-hetero) is 1. The number of carbonyl (C=O) groups excluding carboxylic acids is 1. The van der Waals surface area contributed by atoms with Crippen molar-refractivity contribution in [2.24, 2.45) is 11.8 Å². The third-order valence-corrected chi connectivity index (χ3v) is 5.61. The molecule has 7 heteroatoms. The fraction of sp³-hybridized carbons (Fsp3) is 0.524. The van der Waals surface area contributed by atoms with Gasteiger partial charge in [-0.15, -0.1) is 0 Å². The van der Waals surface area contributed by atoms with Crippen molar-refractivity contribution in [3.8, 4) is 6.07 Å². The minimum Gasteiger partial charge on any atom is -0.378 e. The van der Waals surface area contributed by atoms with Crippen LogP contribution in [0.15, 0.2) is 24.5 Å². The highest BCUT2D eigenvalue weighted by Crippen LogP contribution is 2.33. The van der Waals surface area contributed by atoms with Crippen LogP contribution in [0.3, 0.4) is 0 Å². The van der Waals surface area contributed by atoms with Gasteiger partial charge < -0.3 is 15.0 Å². The molecule has 7 nitrogen and oxygen atoms in total. The van der Waals surface area contributed by atoms with E-state index >= 15 is 0 Å². The van der Waals surface area contributed by atoms with E-state index in [0.29, 0.717) is 42.6 Å². The summed E-state index contributed by atoms with van der Waals surface area (Å²) in [5, 5.41) is 12.6. The summed E-state index contributed by atoms with van der Waals surface area (Å²) in [4.78, 5) is 23.9. The number of benzene rings is 1. The summed E-state index contributed by atoms with van der Waals surface area (Å²) >= 11 is 0. The van der Waals surface area contributed by atoms with E-state index in [-0.39, 0.29) is 11.8 Å². The molecular weight excluding hydrogens is 354 g/mol. The molecule has 1 aromatic carbocycles. The van der Waals surface area contributed by atoms with Crippen LogP contribution < -0.4 is 10.2 Å². The maximum atomic E-state index is 12.7. The molecule has 3 atom stereocenters. The molecule has 28 heavy (non-hydrogen) atoms. The third kappa shape index (κ3) is 3.84. The molecule has 2 fully saturated rings. The molecule has 0 saturated carbocycles. The molecule has 2 saturated heterocycles. The van der Waals surface area contributed by atoms with Crippen molar-refractivity contribution in [3.05, 3.63) is 30.1 Å². The van der Waals surface area contributed by atoms with E-state index in [2.05, 4.69) is 33.2 Å². The second-order valence-corrected chi connectivity index (χ2v) is 7.86. The number of hydrogen-bond donors (Lipinski definition) is 1. The van der Waals surface area contributed by atoms with Crippen molar-refractivity contribution in [2.75, 3.05) is 37.7 Å². The van der Waals surface area contributed by atoms with Crippen LogP contribution in [0.4, 0.5) is 5.69 Å². The SMILES string of the molecule is C[C@H]1C[C@@H](CC(=O)[C@H]2COCCN2)CN(c2ccc(C#N)c3nccnc23)C1. The number of anilines is 1. The van der Waals surface area contributed by atoms with Crippen LogP contribution in [0.2, 0.25) is 0 Å². The van der Waals surface area contributed by atoms with Crippen molar-refractivity contribution in [2.45, 2.75) is 25.8 Å². The fourth-order valence-corrected chi connectivity index (χ4v) is 4.41. The second-order valence-electron chi connectivity index (χ2n) is 7.86. The molecule has 0 radical (unpaired) electrons. The zero-order chi connectivity index (χ0) is 19.5. The molecule has 2 aliphatic heterocycles. The predicted octanol–water partition coefficient (Wildman–Crippen LogP) is 1.91. The summed E-state index contributed by atoms with van der Waals surface area (Å²) in [5.41, 5.74) is 2.91. The number of nitriles is 1. The van der Waals surface area contributed by atoms with Crippen molar-refractivity contribution < 1.29 is 9.53 Å². The summed E-state index contributed by atoms with van der Waals surface area (Å²) in [6, 6.07) is 5.79. The largest absolute Gasteiger partial charge is 0.378 e. The van der Waals surface area contributed by atoms with Gasteiger partial charge in [0.05, 0.1) is 30.5 Å². The lowest BCUT2D eigenvalue weighted by Gasteiger charge is -2.38. The maximum Gasteiger partial charge on any atom is 0.152 e. The molecule has 3 heterocycles. The van der Waals surface area contributed by atoms with E-state index in [1.165, 1.54) is 0 Å². The Hall–Kier alpha value is -2.56. The highest BCUT2D eigenvalue weighted by atomic mass is 16.5. The van der Waals surface area contributed by atoms with Gasteiger partial charge in [0.25, 0.3) is 0 Å². The third-order valence-electron chi connectivity index (χ3n) is 5.61. The molecule has 146 valence electrons. The first-order valence-electron chi connectivity index (χ1n) is 9.88. The van der Waals surface area contributed by atoms with Crippen molar-refractivity contribution in [3.63, 3.8) is 0 Å². The van der Waals surface area contributed by atoms with Gasteiger partial charge in [-0.2, -0.15) is 5.26 Å². The second kappa shape index (κ2) is 8.21. The zero-order valence-corrected chi connectivity index (χ0v) is 16.1. The molecule has 2 aromatic rings. The maximum absolute atomic E-state index is 12.7. The topological polar surface area (TPSA) is 91.1 Å². The lowest BCUT2D eigenvalue weighted by Crippen LogP contribution is -2.48. The standard InChI is InChI=1S/C21H25N5O2/c1-14-8-15(9-19(27)17-13-28-7-6-23-17)12-26(11-14)18-3-2-16(10-22)20-21(18)25-5-4-24-20/h2-5,14-15,17,23H,6-9,11-13H2,1H3/t14-,15-,17+/m0/s1. The van der Waals surface area contributed by atoms with Gasteiger partial charge in [0, 0.05) is 38.4 Å². The van der Waals surface area contributed by atoms with E-state index in [1.807, 2.05) is 12.1 Å². The van der Waals surface area contributed by atoms with Gasteiger partial charge in [0.2, 0.25) is 0 Å². The minimum absolute atomic E-state index is 0.180. The number of piperidine rings is 1. The van der Waals surface area contributed by atoms with Gasteiger partial charge in [-0.05, 0) is 30.4 Å². The Balaban J connectivity index is 1.55. The lowest BCUT2D eigenvalue weighted by molar-refractivity contribution is -0.124. The van der Waals surface area contributed by atoms with Gasteiger partial charge in [-0.1, -0.05) is 6.92 Å².